The molecular formula is C16H31IN4O2. The van der Waals surface area contributed by atoms with Crippen LogP contribution in [0.2, 0.25) is 0 Å². The molecule has 1 aliphatic rings. The highest BCUT2D eigenvalue weighted by Gasteiger charge is 2.41. The molecule has 0 heterocycles. The third kappa shape index (κ3) is 9.14. The van der Waals surface area contributed by atoms with E-state index in [1.54, 1.807) is 25.1 Å². The average Bonchev–Trinajstić information content (AvgIpc) is 3.26. The van der Waals surface area contributed by atoms with Crippen molar-refractivity contribution in [1.82, 2.24) is 15.5 Å². The summed E-state index contributed by atoms with van der Waals surface area (Å²) >= 11 is 0. The molecule has 0 spiro atoms. The molecule has 7 heteroatoms. The summed E-state index contributed by atoms with van der Waals surface area (Å²) in [5, 5.41) is 6.49. The molecule has 0 aromatic carbocycles. The van der Waals surface area contributed by atoms with E-state index in [0.29, 0.717) is 17.9 Å². The zero-order valence-corrected chi connectivity index (χ0v) is 16.9. The minimum Gasteiger partial charge on any atom is -0.382 e. The number of guanidine groups is 1. The van der Waals surface area contributed by atoms with Gasteiger partial charge < -0.3 is 20.3 Å². The molecule has 0 radical (unpaired) electrons. The molecule has 0 unspecified atom stereocenters. The summed E-state index contributed by atoms with van der Waals surface area (Å²) in [6.45, 7) is 8.91. The molecule has 0 aliphatic heterocycles. The summed E-state index contributed by atoms with van der Waals surface area (Å²) in [4.78, 5) is 17.5. The van der Waals surface area contributed by atoms with Crippen molar-refractivity contribution in [1.29, 1.82) is 0 Å². The summed E-state index contributed by atoms with van der Waals surface area (Å²) in [6, 6.07) is 0. The van der Waals surface area contributed by atoms with Crippen molar-refractivity contribution in [2.24, 2.45) is 10.4 Å². The van der Waals surface area contributed by atoms with E-state index in [1.807, 2.05) is 6.92 Å². The van der Waals surface area contributed by atoms with Crippen LogP contribution in [0.15, 0.2) is 17.6 Å². The molecule has 134 valence electrons. The number of ether oxygens (including phenoxy) is 1. The maximum Gasteiger partial charge on any atom is 0.243 e. The number of nitrogens with one attached hydrogen (secondary N) is 2. The van der Waals surface area contributed by atoms with Gasteiger partial charge in [-0.2, -0.15) is 0 Å². The summed E-state index contributed by atoms with van der Waals surface area (Å²) in [6.07, 6.45) is 5.28. The lowest BCUT2D eigenvalue weighted by Crippen LogP contribution is -2.41. The van der Waals surface area contributed by atoms with Crippen molar-refractivity contribution < 1.29 is 9.53 Å². The van der Waals surface area contributed by atoms with Crippen LogP contribution in [0, 0.1) is 5.41 Å². The second-order valence-electron chi connectivity index (χ2n) is 5.92. The molecule has 0 saturated heterocycles. The molecule has 0 aromatic rings. The van der Waals surface area contributed by atoms with Crippen molar-refractivity contribution in [3.63, 3.8) is 0 Å². The highest BCUT2D eigenvalue weighted by molar-refractivity contribution is 14.0. The first-order valence-electron chi connectivity index (χ1n) is 7.94. The van der Waals surface area contributed by atoms with Gasteiger partial charge >= 0.3 is 0 Å². The summed E-state index contributed by atoms with van der Waals surface area (Å²) in [5.41, 5.74) is 0.331. The van der Waals surface area contributed by atoms with Crippen molar-refractivity contribution in [2.45, 2.75) is 26.2 Å². The first kappa shape index (κ1) is 22.2. The Bertz CT molecular complexity index is 396. The number of nitrogens with zero attached hydrogens (tertiary/aromatic N) is 2. The van der Waals surface area contributed by atoms with Gasteiger partial charge in [-0.3, -0.25) is 4.79 Å². The molecular weight excluding hydrogens is 407 g/mol. The Morgan fingerprint density at radius 3 is 2.61 bits per heavy atom. The van der Waals surface area contributed by atoms with Gasteiger partial charge in [0.25, 0.3) is 0 Å². The minimum absolute atomic E-state index is 0. The van der Waals surface area contributed by atoms with Crippen LogP contribution in [0.4, 0.5) is 0 Å². The fourth-order valence-corrected chi connectivity index (χ4v) is 2.03. The van der Waals surface area contributed by atoms with Crippen LogP contribution in [-0.2, 0) is 9.53 Å². The normalized spacial score (nSPS) is 15.3. The molecule has 1 aliphatic carbocycles. The lowest BCUT2D eigenvalue weighted by molar-refractivity contribution is -0.127. The fraction of sp³-hybridized carbons (Fsp3) is 0.750. The molecule has 1 rings (SSSR count). The Balaban J connectivity index is 0.00000484. The number of hydrogen-bond donors (Lipinski definition) is 2. The maximum atomic E-state index is 11.6. The highest BCUT2D eigenvalue weighted by Crippen LogP contribution is 2.48. The van der Waals surface area contributed by atoms with E-state index in [9.17, 15) is 4.79 Å². The zero-order valence-electron chi connectivity index (χ0n) is 14.6. The maximum absolute atomic E-state index is 11.6. The molecule has 6 nitrogen and oxygen atoms in total. The van der Waals surface area contributed by atoms with Crippen LogP contribution in [0.25, 0.3) is 0 Å². The van der Waals surface area contributed by atoms with Gasteiger partial charge in [0, 0.05) is 40.4 Å². The second-order valence-corrected chi connectivity index (χ2v) is 5.92. The smallest absolute Gasteiger partial charge is 0.243 e. The fourth-order valence-electron chi connectivity index (χ4n) is 2.03. The van der Waals surface area contributed by atoms with Crippen molar-refractivity contribution in [2.75, 3.05) is 46.9 Å². The van der Waals surface area contributed by atoms with E-state index in [1.165, 1.54) is 12.8 Å². The number of carbonyl (C=O) groups is 1. The third-order valence-corrected chi connectivity index (χ3v) is 3.85. The van der Waals surface area contributed by atoms with Crippen LogP contribution in [-0.4, -0.2) is 63.7 Å². The van der Waals surface area contributed by atoms with E-state index in [4.69, 9.17) is 4.74 Å². The largest absolute Gasteiger partial charge is 0.382 e. The molecule has 1 saturated carbocycles. The second kappa shape index (κ2) is 11.7. The Morgan fingerprint density at radius 1 is 1.39 bits per heavy atom. The molecule has 1 fully saturated rings. The van der Waals surface area contributed by atoms with Gasteiger partial charge in [0.1, 0.15) is 6.54 Å². The van der Waals surface area contributed by atoms with E-state index in [2.05, 4.69) is 22.2 Å². The van der Waals surface area contributed by atoms with Crippen LogP contribution in [0.3, 0.4) is 0 Å². The summed E-state index contributed by atoms with van der Waals surface area (Å²) in [7, 11) is 3.46. The van der Waals surface area contributed by atoms with Crippen LogP contribution in [0.5, 0.6) is 0 Å². The van der Waals surface area contributed by atoms with Gasteiger partial charge in [-0.1, -0.05) is 6.08 Å². The van der Waals surface area contributed by atoms with E-state index >= 15 is 0 Å². The molecule has 0 atom stereocenters. The lowest BCUT2D eigenvalue weighted by atomic mass is 10.0. The zero-order chi connectivity index (χ0) is 16.4. The number of rotatable bonds is 10. The number of halogens is 1. The number of amides is 1. The van der Waals surface area contributed by atoms with E-state index in [-0.39, 0.29) is 36.4 Å². The monoisotopic (exact) mass is 438 g/mol. The van der Waals surface area contributed by atoms with Crippen molar-refractivity contribution in [3.05, 3.63) is 12.7 Å². The first-order valence-corrected chi connectivity index (χ1v) is 7.94. The van der Waals surface area contributed by atoms with Gasteiger partial charge in [0.2, 0.25) is 5.91 Å². The average molecular weight is 438 g/mol. The van der Waals surface area contributed by atoms with Gasteiger partial charge in [0.05, 0.1) is 0 Å². The molecule has 0 bridgehead atoms. The van der Waals surface area contributed by atoms with Gasteiger partial charge in [0.15, 0.2) is 5.96 Å². The Hall–Kier alpha value is -0.830. The van der Waals surface area contributed by atoms with Crippen molar-refractivity contribution in [3.8, 4) is 0 Å². The number of aliphatic imine (C=N–C) groups is 1. The topological polar surface area (TPSA) is 66.0 Å². The number of carbonyl (C=O) groups excluding carboxylic acids is 1. The SMILES string of the molecule is C=CCNC(=NCC(=O)N(C)C)NCC1(CCOCC)CC1.I. The Morgan fingerprint density at radius 2 is 2.09 bits per heavy atom. The first-order chi connectivity index (χ1) is 10.5. The molecule has 23 heavy (non-hydrogen) atoms. The Labute approximate surface area is 157 Å². The molecule has 0 aromatic heterocycles. The highest BCUT2D eigenvalue weighted by atomic mass is 127. The molecule has 1 amide bonds. The van der Waals surface area contributed by atoms with Gasteiger partial charge in [-0.25, -0.2) is 4.99 Å². The van der Waals surface area contributed by atoms with Crippen LogP contribution < -0.4 is 10.6 Å². The minimum atomic E-state index is -0.0165. The molecule has 2 N–H and O–H groups in total. The van der Waals surface area contributed by atoms with Crippen LogP contribution in [0.1, 0.15) is 26.2 Å². The van der Waals surface area contributed by atoms with Gasteiger partial charge in [-0.05, 0) is 31.6 Å². The van der Waals surface area contributed by atoms with Gasteiger partial charge in [-0.15, -0.1) is 30.6 Å². The number of likely N-dealkylation sites (N-methyl/N-ethyl adjacent to an activating group) is 1. The van der Waals surface area contributed by atoms with E-state index < -0.39 is 0 Å². The lowest BCUT2D eigenvalue weighted by Gasteiger charge is -2.18. The Kier molecular flexibility index (Phi) is 11.2. The predicted molar refractivity (Wildman–Crippen MR) is 105 cm³/mol. The summed E-state index contributed by atoms with van der Waals surface area (Å²) < 4.78 is 5.45. The van der Waals surface area contributed by atoms with E-state index in [0.717, 1.165) is 26.2 Å². The quantitative estimate of drug-likeness (QED) is 0.179. The summed E-state index contributed by atoms with van der Waals surface area (Å²) in [5.74, 6) is 0.648. The number of hydrogen-bond acceptors (Lipinski definition) is 3. The van der Waals surface area contributed by atoms with Crippen LogP contribution >= 0.6 is 24.0 Å². The van der Waals surface area contributed by atoms with Crippen molar-refractivity contribution >= 4 is 35.8 Å². The standard InChI is InChI=1S/C16H30N4O2.HI/c1-5-10-17-15(18-12-14(21)20(3)4)19-13-16(7-8-16)9-11-22-6-2;/h5H,1,6-13H2,2-4H3,(H2,17,18,19);1H. The predicted octanol–water partition coefficient (Wildman–Crippen LogP) is 1.62. The third-order valence-electron chi connectivity index (χ3n) is 3.85.